The molecule has 0 aromatic carbocycles. The van der Waals surface area contributed by atoms with Crippen LogP contribution in [0.5, 0.6) is 0 Å². The van der Waals surface area contributed by atoms with Gasteiger partial charge in [0, 0.05) is 0 Å². The summed E-state index contributed by atoms with van der Waals surface area (Å²) < 4.78 is 9.38. The third-order valence-electron chi connectivity index (χ3n) is 5.40. The van der Waals surface area contributed by atoms with Gasteiger partial charge in [0.2, 0.25) is 0 Å². The number of rotatable bonds is 13. The van der Waals surface area contributed by atoms with Gasteiger partial charge < -0.3 is 0 Å². The van der Waals surface area contributed by atoms with Crippen molar-refractivity contribution in [2.45, 2.75) is 90.4 Å². The van der Waals surface area contributed by atoms with E-state index < -0.39 is 18.4 Å². The molecule has 0 rings (SSSR count). The topological polar surface area (TPSA) is 26.3 Å². The first-order valence-electron chi connectivity index (χ1n) is 9.56. The fourth-order valence-corrected chi connectivity index (χ4v) is 24.2. The molecule has 0 aliphatic heterocycles. The van der Waals surface area contributed by atoms with Crippen molar-refractivity contribution in [3.63, 3.8) is 0 Å². The van der Waals surface area contributed by atoms with E-state index in [1.54, 1.807) is 7.11 Å². The summed E-state index contributed by atoms with van der Waals surface area (Å²) in [5, 5.41) is 0. The van der Waals surface area contributed by atoms with Crippen molar-refractivity contribution >= 4 is 24.3 Å². The molecule has 0 fully saturated rings. The molecule has 3 heteroatoms. The predicted octanol–water partition coefficient (Wildman–Crippen LogP) is 6.59. The van der Waals surface area contributed by atoms with Crippen molar-refractivity contribution in [3.05, 3.63) is 12.7 Å². The van der Waals surface area contributed by atoms with Crippen LogP contribution >= 0.6 is 0 Å². The molecule has 136 valence electrons. The van der Waals surface area contributed by atoms with Gasteiger partial charge in [-0.3, -0.25) is 0 Å². The molecule has 0 saturated carbocycles. The van der Waals surface area contributed by atoms with E-state index in [0.717, 1.165) is 0 Å². The minimum absolute atomic E-state index is 0.0361. The zero-order valence-electron chi connectivity index (χ0n) is 16.5. The summed E-state index contributed by atoms with van der Waals surface area (Å²) in [6.45, 7) is 15.2. The molecule has 1 unspecified atom stereocenters. The summed E-state index contributed by atoms with van der Waals surface area (Å²) in [4.78, 5) is 12.8. The van der Waals surface area contributed by atoms with Crippen molar-refractivity contribution in [1.82, 2.24) is 0 Å². The molecule has 0 N–H and O–H groups in total. The number of unbranched alkanes of at least 4 members (excludes halogenated alkanes) is 3. The van der Waals surface area contributed by atoms with Gasteiger partial charge in [-0.25, -0.2) is 0 Å². The number of hydrogen-bond acceptors (Lipinski definition) is 2. The summed E-state index contributed by atoms with van der Waals surface area (Å²) in [7, 11) is 1.56. The van der Waals surface area contributed by atoms with Crippen LogP contribution in [0.25, 0.3) is 0 Å². The molecule has 23 heavy (non-hydrogen) atoms. The van der Waals surface area contributed by atoms with Crippen LogP contribution in [0.4, 0.5) is 0 Å². The summed E-state index contributed by atoms with van der Waals surface area (Å²) in [5.74, 6) is 0.0361. The van der Waals surface area contributed by atoms with Gasteiger partial charge in [0.25, 0.3) is 0 Å². The number of esters is 1. The van der Waals surface area contributed by atoms with Crippen LogP contribution in [-0.2, 0) is 9.53 Å². The zero-order chi connectivity index (χ0) is 17.9. The van der Waals surface area contributed by atoms with E-state index in [-0.39, 0.29) is 15.3 Å². The Morgan fingerprint density at radius 2 is 1.43 bits per heavy atom. The van der Waals surface area contributed by atoms with Crippen LogP contribution in [0.2, 0.25) is 17.2 Å². The first-order valence-corrected chi connectivity index (χ1v) is 17.3. The third-order valence-corrected chi connectivity index (χ3v) is 23.2. The van der Waals surface area contributed by atoms with Gasteiger partial charge in [0.15, 0.2) is 0 Å². The van der Waals surface area contributed by atoms with Gasteiger partial charge in [-0.2, -0.15) is 0 Å². The molecule has 0 aliphatic rings. The average molecular weight is 431 g/mol. The van der Waals surface area contributed by atoms with Crippen LogP contribution in [0.15, 0.2) is 12.7 Å². The van der Waals surface area contributed by atoms with E-state index in [1.807, 2.05) is 6.08 Å². The number of carbonyl (C=O) groups excluding carboxylic acids is 1. The van der Waals surface area contributed by atoms with Crippen molar-refractivity contribution in [2.75, 3.05) is 7.11 Å². The van der Waals surface area contributed by atoms with Gasteiger partial charge in [0.05, 0.1) is 0 Å². The normalized spacial score (nSPS) is 13.7. The Hall–Kier alpha value is 0.00870. The number of carbonyl (C=O) groups is 1. The van der Waals surface area contributed by atoms with Crippen LogP contribution in [0, 0.1) is 5.41 Å². The molecule has 0 amide bonds. The summed E-state index contributed by atoms with van der Waals surface area (Å²) >= 11 is -2.70. The Bertz CT molecular complexity index is 328. The van der Waals surface area contributed by atoms with E-state index in [2.05, 4.69) is 41.2 Å². The maximum atomic E-state index is 12.8. The Kier molecular flexibility index (Phi) is 11.5. The van der Waals surface area contributed by atoms with Gasteiger partial charge in [-0.05, 0) is 0 Å². The first kappa shape index (κ1) is 23.0. The molecule has 0 aliphatic carbocycles. The molecule has 0 bridgehead atoms. The first-order chi connectivity index (χ1) is 10.8. The maximum absolute atomic E-state index is 12.8. The van der Waals surface area contributed by atoms with E-state index in [1.165, 1.54) is 51.8 Å². The molecule has 0 aromatic rings. The summed E-state index contributed by atoms with van der Waals surface area (Å²) in [6, 6.07) is 0. The Balaban J connectivity index is 5.90. The van der Waals surface area contributed by atoms with Gasteiger partial charge in [-0.1, -0.05) is 0 Å². The van der Waals surface area contributed by atoms with Crippen molar-refractivity contribution < 1.29 is 9.53 Å². The molecule has 0 spiro atoms. The van der Waals surface area contributed by atoms with Gasteiger partial charge in [0.1, 0.15) is 0 Å². The fraction of sp³-hybridized carbons (Fsp3) is 0.850. The minimum atomic E-state index is -2.70. The van der Waals surface area contributed by atoms with Crippen LogP contribution in [-0.4, -0.2) is 31.5 Å². The van der Waals surface area contributed by atoms with E-state index in [0.29, 0.717) is 0 Å². The monoisotopic (exact) mass is 432 g/mol. The Morgan fingerprint density at radius 1 is 1.04 bits per heavy atom. The number of methoxy groups -OCH3 is 1. The number of hydrogen-bond donors (Lipinski definition) is 0. The average Bonchev–Trinajstić information content (AvgIpc) is 2.55. The summed E-state index contributed by atoms with van der Waals surface area (Å²) in [6.07, 6.45) is 9.47. The molecular formula is C20H40O2Sn. The SMILES string of the molecule is C=CC(C)(C)[CH](C(=O)OC)[Sn]([CH2]CCC)([CH2]CCC)[CH2]CCC. The molecule has 0 heterocycles. The molecule has 2 nitrogen and oxygen atoms in total. The zero-order valence-corrected chi connectivity index (χ0v) is 19.4. The second-order valence-electron chi connectivity index (χ2n) is 7.65. The van der Waals surface area contributed by atoms with E-state index in [9.17, 15) is 4.79 Å². The van der Waals surface area contributed by atoms with Crippen molar-refractivity contribution in [1.29, 1.82) is 0 Å². The Morgan fingerprint density at radius 3 is 1.70 bits per heavy atom. The molecule has 0 saturated heterocycles. The van der Waals surface area contributed by atoms with Crippen molar-refractivity contribution in [3.8, 4) is 0 Å². The van der Waals surface area contributed by atoms with Gasteiger partial charge >= 0.3 is 149 Å². The van der Waals surface area contributed by atoms with Crippen LogP contribution in [0.3, 0.4) is 0 Å². The molecular weight excluding hydrogens is 391 g/mol. The molecule has 0 aromatic heterocycles. The van der Waals surface area contributed by atoms with E-state index in [4.69, 9.17) is 4.74 Å². The second kappa shape index (κ2) is 11.5. The fourth-order valence-electron chi connectivity index (χ4n) is 3.97. The third kappa shape index (κ3) is 6.80. The standard InChI is InChI=1S/C8H13O2.3C4H9.Sn/c1-5-8(2,3)6-7(9)10-4;3*1-3-4-2;/h5-6H,1H2,2-4H3;3*1,3-4H2,2H3;. The molecule has 0 radical (unpaired) electrons. The Labute approximate surface area is 149 Å². The van der Waals surface area contributed by atoms with Crippen LogP contribution in [0.1, 0.15) is 73.1 Å². The van der Waals surface area contributed by atoms with Gasteiger partial charge in [-0.15, -0.1) is 0 Å². The van der Waals surface area contributed by atoms with Crippen molar-refractivity contribution in [2.24, 2.45) is 5.41 Å². The van der Waals surface area contributed by atoms with Crippen LogP contribution < -0.4 is 0 Å². The second-order valence-corrected chi connectivity index (χ2v) is 21.4. The summed E-state index contributed by atoms with van der Waals surface area (Å²) in [5.41, 5.74) is -0.154. The quantitative estimate of drug-likeness (QED) is 0.187. The predicted molar refractivity (Wildman–Crippen MR) is 105 cm³/mol. The molecule has 1 atom stereocenters. The van der Waals surface area contributed by atoms with E-state index >= 15 is 0 Å². The number of ether oxygens (including phenoxy) is 1. The number of allylic oxidation sites excluding steroid dienone is 1.